The smallest absolute Gasteiger partial charge is 0.410 e. The first-order valence-electron chi connectivity index (χ1n) is 9.28. The Kier molecular flexibility index (Phi) is 6.68. The van der Waals surface area contributed by atoms with Gasteiger partial charge in [-0.05, 0) is 52.3 Å². The van der Waals surface area contributed by atoms with Crippen LogP contribution in [0.2, 0.25) is 0 Å². The van der Waals surface area contributed by atoms with Gasteiger partial charge >= 0.3 is 6.09 Å². The Bertz CT molecular complexity index is 755. The van der Waals surface area contributed by atoms with Crippen molar-refractivity contribution in [1.29, 1.82) is 0 Å². The van der Waals surface area contributed by atoms with Crippen LogP contribution in [0.25, 0.3) is 0 Å². The lowest BCUT2D eigenvalue weighted by molar-refractivity contribution is 0.0139. The molecular weight excluding hydrogens is 366 g/mol. The van der Waals surface area contributed by atoms with Gasteiger partial charge in [0.2, 0.25) is 0 Å². The zero-order valence-corrected chi connectivity index (χ0v) is 17.1. The molecule has 0 aromatic heterocycles. The third-order valence-corrected chi connectivity index (χ3v) is 4.03. The maximum absolute atomic E-state index is 14.3. The lowest BCUT2D eigenvalue weighted by atomic mass is 10.1. The van der Waals surface area contributed by atoms with E-state index in [4.69, 9.17) is 4.74 Å². The molecule has 0 bridgehead atoms. The maximum atomic E-state index is 14.3. The van der Waals surface area contributed by atoms with Gasteiger partial charge in [-0.2, -0.15) is 0 Å². The molecule has 1 amide bonds. The van der Waals surface area contributed by atoms with Crippen LogP contribution in [0.4, 0.5) is 13.6 Å². The van der Waals surface area contributed by atoms with Crippen LogP contribution >= 0.6 is 0 Å². The van der Waals surface area contributed by atoms with Crippen LogP contribution in [-0.2, 0) is 11.3 Å². The van der Waals surface area contributed by atoms with Crippen LogP contribution in [-0.4, -0.2) is 58.4 Å². The second kappa shape index (κ2) is 8.46. The molecule has 7 heteroatoms. The molecular formula is C21H28F2N2O3. The Balaban J connectivity index is 1.98. The molecule has 154 valence electrons. The van der Waals surface area contributed by atoms with E-state index < -0.39 is 22.8 Å². The number of carbonyl (C=O) groups is 1. The number of benzene rings is 1. The van der Waals surface area contributed by atoms with E-state index in [2.05, 4.69) is 11.8 Å². The summed E-state index contributed by atoms with van der Waals surface area (Å²) in [5.74, 6) is 3.28. The number of hydrogen-bond donors (Lipinski definition) is 1. The van der Waals surface area contributed by atoms with Crippen molar-refractivity contribution in [2.75, 3.05) is 26.2 Å². The van der Waals surface area contributed by atoms with Crippen LogP contribution in [0.5, 0.6) is 0 Å². The summed E-state index contributed by atoms with van der Waals surface area (Å²) in [6.07, 6.45) is -0.348. The van der Waals surface area contributed by atoms with E-state index in [0.717, 1.165) is 0 Å². The van der Waals surface area contributed by atoms with Crippen molar-refractivity contribution in [2.45, 2.75) is 52.4 Å². The third-order valence-electron chi connectivity index (χ3n) is 4.03. The first-order chi connectivity index (χ1) is 12.8. The number of ether oxygens (including phenoxy) is 1. The van der Waals surface area contributed by atoms with Gasteiger partial charge in [-0.1, -0.05) is 11.8 Å². The molecule has 0 unspecified atom stereocenters. The number of aliphatic hydroxyl groups is 1. The average Bonchev–Trinajstić information content (AvgIpc) is 2.52. The Morgan fingerprint density at radius 2 is 1.64 bits per heavy atom. The molecule has 0 radical (unpaired) electrons. The molecule has 0 spiro atoms. The van der Waals surface area contributed by atoms with Gasteiger partial charge in [0.15, 0.2) is 0 Å². The highest BCUT2D eigenvalue weighted by molar-refractivity contribution is 5.68. The fourth-order valence-electron chi connectivity index (χ4n) is 2.73. The van der Waals surface area contributed by atoms with Gasteiger partial charge in [0, 0.05) is 32.7 Å². The molecule has 1 heterocycles. The Hall–Kier alpha value is -2.17. The van der Waals surface area contributed by atoms with Crippen molar-refractivity contribution in [2.24, 2.45) is 0 Å². The van der Waals surface area contributed by atoms with Crippen molar-refractivity contribution < 1.29 is 23.4 Å². The van der Waals surface area contributed by atoms with Crippen molar-refractivity contribution in [3.8, 4) is 11.8 Å². The average molecular weight is 394 g/mol. The summed E-state index contributed by atoms with van der Waals surface area (Å²) >= 11 is 0. The summed E-state index contributed by atoms with van der Waals surface area (Å²) in [5, 5.41) is 9.59. The molecule has 2 rings (SSSR count). The summed E-state index contributed by atoms with van der Waals surface area (Å²) in [6, 6.07) is 2.52. The number of hydrogen-bond acceptors (Lipinski definition) is 4. The minimum Gasteiger partial charge on any atom is -0.444 e. The second-order valence-electron chi connectivity index (χ2n) is 8.49. The number of amides is 1. The van der Waals surface area contributed by atoms with Crippen LogP contribution in [0.1, 0.15) is 45.7 Å². The molecule has 5 nitrogen and oxygen atoms in total. The van der Waals surface area contributed by atoms with E-state index >= 15 is 0 Å². The lowest BCUT2D eigenvalue weighted by Crippen LogP contribution is -2.49. The molecule has 1 fully saturated rings. The first-order valence-corrected chi connectivity index (χ1v) is 9.28. The zero-order chi connectivity index (χ0) is 21.1. The molecule has 1 aromatic carbocycles. The van der Waals surface area contributed by atoms with Crippen molar-refractivity contribution in [3.63, 3.8) is 0 Å². The molecule has 28 heavy (non-hydrogen) atoms. The van der Waals surface area contributed by atoms with Gasteiger partial charge < -0.3 is 14.7 Å². The molecule has 1 aliphatic rings. The lowest BCUT2D eigenvalue weighted by Gasteiger charge is -2.35. The summed E-state index contributed by atoms with van der Waals surface area (Å²) in [5.41, 5.74) is -1.72. The van der Waals surface area contributed by atoms with E-state index in [1.165, 1.54) is 26.0 Å². The number of rotatable bonds is 2. The third kappa shape index (κ3) is 6.77. The number of halogens is 2. The van der Waals surface area contributed by atoms with Crippen molar-refractivity contribution >= 4 is 6.09 Å². The minimum atomic E-state index is -1.33. The van der Waals surface area contributed by atoms with Crippen LogP contribution in [0, 0.1) is 23.5 Å². The largest absolute Gasteiger partial charge is 0.444 e. The van der Waals surface area contributed by atoms with E-state index in [9.17, 15) is 18.7 Å². The van der Waals surface area contributed by atoms with Gasteiger partial charge in [-0.25, -0.2) is 13.6 Å². The van der Waals surface area contributed by atoms with E-state index in [1.54, 1.807) is 4.90 Å². The fraction of sp³-hybridized carbons (Fsp3) is 0.571. The van der Waals surface area contributed by atoms with E-state index in [-0.39, 0.29) is 11.7 Å². The van der Waals surface area contributed by atoms with Gasteiger partial charge in [-0.15, -0.1) is 0 Å². The topological polar surface area (TPSA) is 53.0 Å². The normalized spacial score (nSPS) is 15.8. The van der Waals surface area contributed by atoms with Crippen molar-refractivity contribution in [1.82, 2.24) is 9.80 Å². The molecule has 1 aliphatic heterocycles. The highest BCUT2D eigenvalue weighted by Gasteiger charge is 2.26. The summed E-state index contributed by atoms with van der Waals surface area (Å²) in [7, 11) is 0. The standard InChI is InChI=1S/C21H28F2N2O3/c1-20(2,3)28-19(26)25-10-8-24(9-11-25)14-15-12-17(22)16(18(23)13-15)6-7-21(4,5)27/h12-13,27H,8-11,14H2,1-5H3. The van der Waals surface area contributed by atoms with Crippen molar-refractivity contribution in [3.05, 3.63) is 34.9 Å². The maximum Gasteiger partial charge on any atom is 0.410 e. The van der Waals surface area contributed by atoms with Gasteiger partial charge in [0.05, 0.1) is 5.56 Å². The molecule has 0 atom stereocenters. The first kappa shape index (κ1) is 22.1. The molecule has 1 aromatic rings. The highest BCUT2D eigenvalue weighted by atomic mass is 19.1. The van der Waals surface area contributed by atoms with E-state index in [0.29, 0.717) is 38.3 Å². The molecule has 0 aliphatic carbocycles. The molecule has 0 saturated carbocycles. The molecule has 1 saturated heterocycles. The van der Waals surface area contributed by atoms with Crippen LogP contribution in [0.15, 0.2) is 12.1 Å². The van der Waals surface area contributed by atoms with Crippen LogP contribution < -0.4 is 0 Å². The zero-order valence-electron chi connectivity index (χ0n) is 17.1. The Morgan fingerprint density at radius 1 is 1.11 bits per heavy atom. The second-order valence-corrected chi connectivity index (χ2v) is 8.49. The van der Waals surface area contributed by atoms with Gasteiger partial charge in [0.1, 0.15) is 22.8 Å². The number of nitrogens with zero attached hydrogens (tertiary/aromatic N) is 2. The monoisotopic (exact) mass is 394 g/mol. The SMILES string of the molecule is CC(C)(O)C#Cc1c(F)cc(CN2CCN(C(=O)OC(C)(C)C)CC2)cc1F. The predicted octanol–water partition coefficient (Wildman–Crippen LogP) is 3.14. The molecule has 1 N–H and O–H groups in total. The number of piperazine rings is 1. The fourth-order valence-corrected chi connectivity index (χ4v) is 2.73. The van der Waals surface area contributed by atoms with Gasteiger partial charge in [-0.3, -0.25) is 4.90 Å². The summed E-state index contributed by atoms with van der Waals surface area (Å²) in [6.45, 7) is 10.9. The van der Waals surface area contributed by atoms with E-state index in [1.807, 2.05) is 25.7 Å². The quantitative estimate of drug-likeness (QED) is 0.783. The minimum absolute atomic E-state index is 0.347. The summed E-state index contributed by atoms with van der Waals surface area (Å²) in [4.78, 5) is 15.8. The summed E-state index contributed by atoms with van der Waals surface area (Å²) < 4.78 is 33.9. The van der Waals surface area contributed by atoms with Crippen LogP contribution in [0.3, 0.4) is 0 Å². The highest BCUT2D eigenvalue weighted by Crippen LogP contribution is 2.18. The predicted molar refractivity (Wildman–Crippen MR) is 103 cm³/mol. The Morgan fingerprint density at radius 3 is 2.11 bits per heavy atom. The number of carbonyl (C=O) groups excluding carboxylic acids is 1. The van der Waals surface area contributed by atoms with Gasteiger partial charge in [0.25, 0.3) is 0 Å². The Labute approximate surface area is 165 Å².